The summed E-state index contributed by atoms with van der Waals surface area (Å²) in [5.41, 5.74) is 2.28. The van der Waals surface area contributed by atoms with Gasteiger partial charge in [-0.15, -0.1) is 0 Å². The van der Waals surface area contributed by atoms with Crippen LogP contribution in [0.5, 0.6) is 5.75 Å². The Balaban J connectivity index is 3.29. The fraction of sp³-hybridized carbons (Fsp3) is 0.455. The van der Waals surface area contributed by atoms with Crippen LogP contribution in [0.4, 0.5) is 0 Å². The summed E-state index contributed by atoms with van der Waals surface area (Å²) in [5.74, 6) is 0.713. The summed E-state index contributed by atoms with van der Waals surface area (Å²) >= 11 is 10.6. The average Bonchev–Trinajstić information content (AvgIpc) is 2.06. The Hall–Kier alpha value is -0.340. The summed E-state index contributed by atoms with van der Waals surface area (Å²) in [5, 5.41) is 0.634. The molecule has 0 heterocycles. The van der Waals surface area contributed by atoms with Crippen molar-refractivity contribution in [3.63, 3.8) is 0 Å². The van der Waals surface area contributed by atoms with Crippen molar-refractivity contribution in [3.8, 4) is 5.75 Å². The van der Waals surface area contributed by atoms with Crippen molar-refractivity contribution in [2.24, 2.45) is 0 Å². The molecule has 0 aliphatic rings. The Bertz CT molecular complexity index is 342. The highest BCUT2D eigenvalue weighted by molar-refractivity contribution is 7.81. The summed E-state index contributed by atoms with van der Waals surface area (Å²) in [6, 6.07) is 3.86. The molecule has 1 nitrogen and oxygen atoms in total. The third-order valence-corrected chi connectivity index (χ3v) is 2.69. The van der Waals surface area contributed by atoms with E-state index in [0.717, 1.165) is 11.1 Å². The van der Waals surface area contributed by atoms with Gasteiger partial charge in [-0.25, -0.2) is 0 Å². The summed E-state index contributed by atoms with van der Waals surface area (Å²) in [6.45, 7) is 6.12. The van der Waals surface area contributed by atoms with E-state index in [4.69, 9.17) is 16.3 Å². The van der Waals surface area contributed by atoms with Crippen molar-refractivity contribution in [2.75, 3.05) is 7.11 Å². The number of benzene rings is 1. The first kappa shape index (κ1) is 11.7. The molecule has 3 heteroatoms. The van der Waals surface area contributed by atoms with Gasteiger partial charge in [-0.05, 0) is 44.0 Å². The molecule has 0 atom stereocenters. The van der Waals surface area contributed by atoms with E-state index in [1.165, 1.54) is 0 Å². The lowest BCUT2D eigenvalue weighted by atomic mass is 9.97. The van der Waals surface area contributed by atoms with Gasteiger partial charge in [0, 0.05) is 4.75 Å². The minimum Gasteiger partial charge on any atom is -0.495 e. The lowest BCUT2D eigenvalue weighted by Crippen LogP contribution is -2.10. The minimum atomic E-state index is -0.181. The Morgan fingerprint density at radius 1 is 1.36 bits per heavy atom. The molecule has 0 aromatic heterocycles. The quantitative estimate of drug-likeness (QED) is 0.760. The van der Waals surface area contributed by atoms with Crippen LogP contribution in [0, 0.1) is 6.92 Å². The molecule has 0 bridgehead atoms. The minimum absolute atomic E-state index is 0.181. The van der Waals surface area contributed by atoms with Crippen LogP contribution >= 0.6 is 24.2 Å². The lowest BCUT2D eigenvalue weighted by Gasteiger charge is -2.21. The first-order valence-electron chi connectivity index (χ1n) is 4.43. The van der Waals surface area contributed by atoms with Crippen LogP contribution in [0.1, 0.15) is 25.0 Å². The van der Waals surface area contributed by atoms with E-state index in [-0.39, 0.29) is 4.75 Å². The summed E-state index contributed by atoms with van der Waals surface area (Å²) in [7, 11) is 1.62. The molecule has 1 aromatic carbocycles. The monoisotopic (exact) mass is 230 g/mol. The van der Waals surface area contributed by atoms with Crippen LogP contribution in [-0.2, 0) is 4.75 Å². The second-order valence-electron chi connectivity index (χ2n) is 3.86. The van der Waals surface area contributed by atoms with E-state index >= 15 is 0 Å². The van der Waals surface area contributed by atoms with Gasteiger partial charge in [-0.3, -0.25) is 0 Å². The van der Waals surface area contributed by atoms with Gasteiger partial charge >= 0.3 is 0 Å². The zero-order valence-corrected chi connectivity index (χ0v) is 10.5. The Morgan fingerprint density at radius 3 is 2.36 bits per heavy atom. The van der Waals surface area contributed by atoms with Crippen LogP contribution in [0.2, 0.25) is 5.02 Å². The molecule has 0 aliphatic heterocycles. The number of halogens is 1. The maximum atomic E-state index is 6.05. The highest BCUT2D eigenvalue weighted by atomic mass is 35.5. The molecule has 0 fully saturated rings. The average molecular weight is 231 g/mol. The fourth-order valence-corrected chi connectivity index (χ4v) is 1.95. The van der Waals surface area contributed by atoms with Crippen molar-refractivity contribution in [1.82, 2.24) is 0 Å². The number of ether oxygens (including phenoxy) is 1. The Morgan fingerprint density at radius 2 is 1.93 bits per heavy atom. The van der Waals surface area contributed by atoms with E-state index in [9.17, 15) is 0 Å². The number of thiol groups is 1. The van der Waals surface area contributed by atoms with Gasteiger partial charge in [0.25, 0.3) is 0 Å². The predicted molar refractivity (Wildman–Crippen MR) is 64.8 cm³/mol. The van der Waals surface area contributed by atoms with Crippen molar-refractivity contribution in [3.05, 3.63) is 28.3 Å². The van der Waals surface area contributed by atoms with Crippen LogP contribution in [0.25, 0.3) is 0 Å². The largest absolute Gasteiger partial charge is 0.495 e. The van der Waals surface area contributed by atoms with Gasteiger partial charge < -0.3 is 4.74 Å². The van der Waals surface area contributed by atoms with Gasteiger partial charge in [0.15, 0.2) is 0 Å². The molecule has 1 aromatic rings. The normalized spacial score (nSPS) is 11.6. The number of hydrogen-bond donors (Lipinski definition) is 1. The molecule has 0 N–H and O–H groups in total. The summed E-state index contributed by atoms with van der Waals surface area (Å²) < 4.78 is 4.96. The number of hydrogen-bond acceptors (Lipinski definition) is 2. The van der Waals surface area contributed by atoms with E-state index < -0.39 is 0 Å². The number of methoxy groups -OCH3 is 1. The second-order valence-corrected chi connectivity index (χ2v) is 5.39. The number of aryl methyl sites for hydroxylation is 1. The lowest BCUT2D eigenvalue weighted by molar-refractivity contribution is 0.414. The molecule has 0 spiro atoms. The molecule has 0 aliphatic carbocycles. The molecular weight excluding hydrogens is 216 g/mol. The second kappa shape index (κ2) is 4.03. The third kappa shape index (κ3) is 2.37. The number of rotatable bonds is 2. The topological polar surface area (TPSA) is 9.23 Å². The van der Waals surface area contributed by atoms with E-state index in [1.807, 2.05) is 32.9 Å². The summed E-state index contributed by atoms with van der Waals surface area (Å²) in [4.78, 5) is 0. The van der Waals surface area contributed by atoms with Gasteiger partial charge in [-0.1, -0.05) is 11.6 Å². The van der Waals surface area contributed by atoms with Crippen molar-refractivity contribution < 1.29 is 4.74 Å². The standard InChI is InChI=1S/C11H15ClOS/c1-7-5-10(13-4)9(12)6-8(7)11(2,3)14/h5-6,14H,1-4H3. The highest BCUT2D eigenvalue weighted by Crippen LogP contribution is 2.35. The van der Waals surface area contributed by atoms with E-state index in [1.54, 1.807) is 7.11 Å². The van der Waals surface area contributed by atoms with Gasteiger partial charge in [0.1, 0.15) is 5.75 Å². The molecule has 78 valence electrons. The molecule has 0 radical (unpaired) electrons. The molecule has 0 amide bonds. The smallest absolute Gasteiger partial charge is 0.137 e. The summed E-state index contributed by atoms with van der Waals surface area (Å²) in [6.07, 6.45) is 0. The Labute approximate surface area is 95.8 Å². The predicted octanol–water partition coefficient (Wildman–Crippen LogP) is 3.82. The molecule has 14 heavy (non-hydrogen) atoms. The van der Waals surface area contributed by atoms with E-state index in [2.05, 4.69) is 12.6 Å². The fourth-order valence-electron chi connectivity index (χ4n) is 1.47. The molecular formula is C11H15ClOS. The van der Waals surface area contributed by atoms with Crippen LogP contribution in [0.3, 0.4) is 0 Å². The highest BCUT2D eigenvalue weighted by Gasteiger charge is 2.19. The van der Waals surface area contributed by atoms with Gasteiger partial charge in [0.05, 0.1) is 12.1 Å². The zero-order chi connectivity index (χ0) is 10.9. The Kier molecular flexibility index (Phi) is 3.38. The van der Waals surface area contributed by atoms with Gasteiger partial charge in [0.2, 0.25) is 0 Å². The van der Waals surface area contributed by atoms with Crippen molar-refractivity contribution in [2.45, 2.75) is 25.5 Å². The maximum absolute atomic E-state index is 6.05. The first-order valence-corrected chi connectivity index (χ1v) is 5.25. The molecule has 1 rings (SSSR count). The zero-order valence-electron chi connectivity index (χ0n) is 8.89. The van der Waals surface area contributed by atoms with E-state index in [0.29, 0.717) is 10.8 Å². The first-order chi connectivity index (χ1) is 6.36. The van der Waals surface area contributed by atoms with Crippen LogP contribution < -0.4 is 4.74 Å². The van der Waals surface area contributed by atoms with Crippen LogP contribution in [0.15, 0.2) is 12.1 Å². The van der Waals surface area contributed by atoms with Crippen molar-refractivity contribution >= 4 is 24.2 Å². The third-order valence-electron chi connectivity index (χ3n) is 2.16. The molecule has 0 saturated carbocycles. The SMILES string of the molecule is COc1cc(C)c(C(C)(C)S)cc1Cl. The van der Waals surface area contributed by atoms with Crippen molar-refractivity contribution in [1.29, 1.82) is 0 Å². The van der Waals surface area contributed by atoms with Gasteiger partial charge in [-0.2, -0.15) is 12.6 Å². The molecule has 0 unspecified atom stereocenters. The molecule has 0 saturated heterocycles. The maximum Gasteiger partial charge on any atom is 0.137 e. The van der Waals surface area contributed by atoms with Crippen LogP contribution in [-0.4, -0.2) is 7.11 Å².